The molecule has 0 spiro atoms. The quantitative estimate of drug-likeness (QED) is 0.362. The number of hydrogen-bond donors (Lipinski definition) is 2. The van der Waals surface area contributed by atoms with E-state index < -0.39 is 0 Å². The molecule has 1 aliphatic rings. The van der Waals surface area contributed by atoms with E-state index in [2.05, 4.69) is 22.4 Å². The highest BCUT2D eigenvalue weighted by Crippen LogP contribution is 2.42. The van der Waals surface area contributed by atoms with E-state index in [1.165, 1.54) is 5.56 Å². The van der Waals surface area contributed by atoms with Crippen LogP contribution in [0, 0.1) is 0 Å². The predicted octanol–water partition coefficient (Wildman–Crippen LogP) is 6.87. The second-order valence-corrected chi connectivity index (χ2v) is 8.54. The Hall–Kier alpha value is -2.75. The summed E-state index contributed by atoms with van der Waals surface area (Å²) in [6.07, 6.45) is 1.78. The second-order valence-electron chi connectivity index (χ2n) is 7.73. The van der Waals surface area contributed by atoms with Gasteiger partial charge in [0.2, 0.25) is 0 Å². The van der Waals surface area contributed by atoms with Crippen LogP contribution in [0.2, 0.25) is 10.0 Å². The van der Waals surface area contributed by atoms with E-state index in [0.717, 1.165) is 34.9 Å². The van der Waals surface area contributed by atoms with Gasteiger partial charge in [-0.05, 0) is 53.8 Å². The van der Waals surface area contributed by atoms with Gasteiger partial charge in [-0.2, -0.15) is 0 Å². The van der Waals surface area contributed by atoms with Crippen LogP contribution in [0.15, 0.2) is 72.8 Å². The lowest BCUT2D eigenvalue weighted by Gasteiger charge is -2.32. The normalized spacial score (nSPS) is 18.2. The Balaban J connectivity index is 1.43. The molecule has 3 nitrogen and oxygen atoms in total. The van der Waals surface area contributed by atoms with E-state index >= 15 is 0 Å². The fraction of sp³-hybridized carbons (Fsp3) is 0.160. The summed E-state index contributed by atoms with van der Waals surface area (Å²) >= 11 is 12.4. The van der Waals surface area contributed by atoms with E-state index in [0.29, 0.717) is 15.7 Å². The highest BCUT2D eigenvalue weighted by atomic mass is 35.5. The number of fused-ring (bicyclic) bond motifs is 2. The van der Waals surface area contributed by atoms with Gasteiger partial charge in [-0.15, -0.1) is 0 Å². The van der Waals surface area contributed by atoms with Crippen molar-refractivity contribution in [1.82, 2.24) is 10.3 Å². The first kappa shape index (κ1) is 19.2. The minimum Gasteiger partial charge on any atom is -0.351 e. The maximum Gasteiger partial charge on any atom is 0.268 e. The van der Waals surface area contributed by atoms with Crippen LogP contribution in [0.3, 0.4) is 0 Å². The number of H-pyrrole nitrogens is 1. The Kier molecular flexibility index (Phi) is 5.01. The van der Waals surface area contributed by atoms with Crippen molar-refractivity contribution in [2.24, 2.45) is 0 Å². The monoisotopic (exact) mass is 434 g/mol. The first-order chi connectivity index (χ1) is 14.6. The molecule has 30 heavy (non-hydrogen) atoms. The summed E-state index contributed by atoms with van der Waals surface area (Å²) in [5, 5.41) is 5.39. The molecular formula is C25H20Cl2N2O. The molecule has 0 saturated carbocycles. The molecule has 0 bridgehead atoms. The summed E-state index contributed by atoms with van der Waals surface area (Å²) in [7, 11) is 0. The van der Waals surface area contributed by atoms with Crippen molar-refractivity contribution in [3.63, 3.8) is 0 Å². The first-order valence-electron chi connectivity index (χ1n) is 10.0. The van der Waals surface area contributed by atoms with Gasteiger partial charge in [-0.1, -0.05) is 71.7 Å². The smallest absolute Gasteiger partial charge is 0.268 e. The van der Waals surface area contributed by atoms with Crippen LogP contribution in [0.25, 0.3) is 10.9 Å². The number of benzene rings is 3. The number of nitrogens with one attached hydrogen (secondary N) is 2. The van der Waals surface area contributed by atoms with E-state index in [-0.39, 0.29) is 17.9 Å². The molecule has 1 aromatic heterocycles. The van der Waals surface area contributed by atoms with E-state index in [1.54, 1.807) is 0 Å². The Morgan fingerprint density at radius 3 is 2.43 bits per heavy atom. The summed E-state index contributed by atoms with van der Waals surface area (Å²) in [6.45, 7) is 0. The number of halogens is 2. The van der Waals surface area contributed by atoms with Crippen molar-refractivity contribution in [1.29, 1.82) is 0 Å². The minimum atomic E-state index is -0.0843. The number of rotatable bonds is 3. The van der Waals surface area contributed by atoms with Gasteiger partial charge in [0.25, 0.3) is 5.91 Å². The highest BCUT2D eigenvalue weighted by molar-refractivity contribution is 6.42. The maximum absolute atomic E-state index is 13.0. The third kappa shape index (κ3) is 3.49. The molecule has 2 atom stereocenters. The van der Waals surface area contributed by atoms with Gasteiger partial charge in [-0.3, -0.25) is 4.79 Å². The van der Waals surface area contributed by atoms with Crippen molar-refractivity contribution in [2.75, 3.05) is 0 Å². The molecule has 150 valence electrons. The SMILES string of the molecule is O=C(NC1CC[C@@H](c2ccc(Cl)c(Cl)c2)c2ccccc21)c1cc2ccccc2[nH]1. The van der Waals surface area contributed by atoms with Crippen LogP contribution >= 0.6 is 23.2 Å². The Labute approximate surface area is 185 Å². The van der Waals surface area contributed by atoms with Gasteiger partial charge in [0.05, 0.1) is 16.1 Å². The molecular weight excluding hydrogens is 415 g/mol. The number of hydrogen-bond acceptors (Lipinski definition) is 1. The van der Waals surface area contributed by atoms with Crippen LogP contribution in [-0.2, 0) is 0 Å². The van der Waals surface area contributed by atoms with Crippen LogP contribution in [0.5, 0.6) is 0 Å². The van der Waals surface area contributed by atoms with Crippen LogP contribution in [0.4, 0.5) is 0 Å². The molecule has 3 aromatic carbocycles. The summed E-state index contributed by atoms with van der Waals surface area (Å²) in [5.74, 6) is 0.149. The van der Waals surface area contributed by atoms with Crippen LogP contribution < -0.4 is 5.32 Å². The van der Waals surface area contributed by atoms with Crippen molar-refractivity contribution in [2.45, 2.75) is 24.8 Å². The molecule has 5 rings (SSSR count). The average Bonchev–Trinajstić information content (AvgIpc) is 3.20. The van der Waals surface area contributed by atoms with E-state index in [1.807, 2.05) is 60.7 Å². The Bertz CT molecular complexity index is 1210. The molecule has 1 unspecified atom stereocenters. The third-order valence-corrected chi connectivity index (χ3v) is 6.66. The number of amides is 1. The summed E-state index contributed by atoms with van der Waals surface area (Å²) in [4.78, 5) is 16.2. The molecule has 1 amide bonds. The van der Waals surface area contributed by atoms with E-state index in [4.69, 9.17) is 23.2 Å². The second kappa shape index (κ2) is 7.82. The molecule has 1 heterocycles. The fourth-order valence-corrected chi connectivity index (χ4v) is 4.75. The molecule has 0 fully saturated rings. The number of aromatic amines is 1. The lowest BCUT2D eigenvalue weighted by atomic mass is 9.76. The van der Waals surface area contributed by atoms with Gasteiger partial charge in [0.15, 0.2) is 0 Å². The van der Waals surface area contributed by atoms with Crippen molar-refractivity contribution in [3.8, 4) is 0 Å². The number of carbonyl (C=O) groups is 1. The molecule has 2 N–H and O–H groups in total. The van der Waals surface area contributed by atoms with Crippen LogP contribution in [0.1, 0.15) is 52.0 Å². The molecule has 0 saturated heterocycles. The zero-order valence-electron chi connectivity index (χ0n) is 16.2. The molecule has 1 aliphatic carbocycles. The van der Waals surface area contributed by atoms with Gasteiger partial charge in [0.1, 0.15) is 5.69 Å². The largest absolute Gasteiger partial charge is 0.351 e. The zero-order valence-corrected chi connectivity index (χ0v) is 17.7. The molecule has 0 radical (unpaired) electrons. The third-order valence-electron chi connectivity index (χ3n) is 5.92. The predicted molar refractivity (Wildman–Crippen MR) is 122 cm³/mol. The van der Waals surface area contributed by atoms with Crippen molar-refractivity contribution >= 4 is 40.0 Å². The van der Waals surface area contributed by atoms with Gasteiger partial charge in [-0.25, -0.2) is 0 Å². The lowest BCUT2D eigenvalue weighted by molar-refractivity contribution is 0.0928. The standard InChI is InChI=1S/C25H20Cl2N2O/c26-20-11-9-15(13-21(20)27)17-10-12-23(19-7-3-2-6-18(17)19)29-25(30)24-14-16-5-1-4-8-22(16)28-24/h1-9,11,13-14,17,23,28H,10,12H2,(H,29,30)/t17-,23?/m0/s1. The average molecular weight is 435 g/mol. The van der Waals surface area contributed by atoms with Gasteiger partial charge in [0, 0.05) is 16.8 Å². The maximum atomic E-state index is 13.0. The van der Waals surface area contributed by atoms with Crippen molar-refractivity contribution < 1.29 is 4.79 Å². The summed E-state index contributed by atoms with van der Waals surface area (Å²) in [6, 6.07) is 23.9. The minimum absolute atomic E-state index is 0.0286. The number of para-hydroxylation sites is 1. The van der Waals surface area contributed by atoms with Gasteiger partial charge >= 0.3 is 0 Å². The lowest BCUT2D eigenvalue weighted by Crippen LogP contribution is -2.32. The zero-order chi connectivity index (χ0) is 20.7. The number of aromatic nitrogens is 1. The number of carbonyl (C=O) groups excluding carboxylic acids is 1. The first-order valence-corrected chi connectivity index (χ1v) is 10.8. The Morgan fingerprint density at radius 1 is 0.867 bits per heavy atom. The highest BCUT2D eigenvalue weighted by Gasteiger charge is 2.29. The van der Waals surface area contributed by atoms with Gasteiger partial charge < -0.3 is 10.3 Å². The van der Waals surface area contributed by atoms with E-state index in [9.17, 15) is 4.79 Å². The molecule has 0 aliphatic heterocycles. The fourth-order valence-electron chi connectivity index (χ4n) is 4.45. The Morgan fingerprint density at radius 2 is 1.63 bits per heavy atom. The topological polar surface area (TPSA) is 44.9 Å². The molecule has 5 heteroatoms. The van der Waals surface area contributed by atoms with Crippen molar-refractivity contribution in [3.05, 3.63) is 105 Å². The van der Waals surface area contributed by atoms with Crippen LogP contribution in [-0.4, -0.2) is 10.9 Å². The molecule has 4 aromatic rings. The summed E-state index contributed by atoms with van der Waals surface area (Å²) in [5.41, 5.74) is 5.08. The summed E-state index contributed by atoms with van der Waals surface area (Å²) < 4.78 is 0.